The predicted molar refractivity (Wildman–Crippen MR) is 70.3 cm³/mol. The molecule has 0 bridgehead atoms. The van der Waals surface area contributed by atoms with E-state index in [0.717, 1.165) is 12.8 Å². The molecule has 108 valence electrons. The van der Waals surface area contributed by atoms with Crippen LogP contribution in [0.2, 0.25) is 0 Å². The Morgan fingerprint density at radius 3 is 2.89 bits per heavy atom. The topological polar surface area (TPSA) is 74.2 Å². The third-order valence-electron chi connectivity index (χ3n) is 2.85. The normalized spacial score (nSPS) is 32.3. The molecule has 0 aliphatic carbocycles. The molecule has 0 aromatic heterocycles. The Bertz CT molecular complexity index is 280. The van der Waals surface area contributed by atoms with Crippen LogP contribution in [0.4, 0.5) is 0 Å². The Balaban J connectivity index is 2.45. The molecule has 1 fully saturated rings. The van der Waals surface area contributed by atoms with E-state index in [1.54, 1.807) is 0 Å². The summed E-state index contributed by atoms with van der Waals surface area (Å²) < 4.78 is 32.3. The van der Waals surface area contributed by atoms with Gasteiger partial charge in [-0.2, -0.15) is 0 Å². The molecular formula is C11H21BO6P+. The first-order valence-corrected chi connectivity index (χ1v) is 7.53. The summed E-state index contributed by atoms with van der Waals surface area (Å²) in [6, 6.07) is -0.779. The number of aliphatic hydroxyl groups is 1. The van der Waals surface area contributed by atoms with Gasteiger partial charge in [-0.3, -0.25) is 0 Å². The largest absolute Gasteiger partial charge is 0.697 e. The van der Waals surface area contributed by atoms with Gasteiger partial charge in [-0.1, -0.05) is 13.3 Å². The summed E-state index contributed by atoms with van der Waals surface area (Å²) in [6.07, 6.45) is 0.151. The van der Waals surface area contributed by atoms with Crippen LogP contribution in [0.15, 0.2) is 0 Å². The smallest absolute Gasteiger partial charge is 0.391 e. The predicted octanol–water partition coefficient (Wildman–Crippen LogP) is 1.14. The van der Waals surface area contributed by atoms with E-state index in [2.05, 4.69) is 0 Å². The van der Waals surface area contributed by atoms with Crippen LogP contribution in [0.5, 0.6) is 0 Å². The molecule has 0 saturated carbocycles. The van der Waals surface area contributed by atoms with Crippen molar-refractivity contribution in [3.8, 4) is 0 Å². The summed E-state index contributed by atoms with van der Waals surface area (Å²) in [5, 5.41) is 9.65. The van der Waals surface area contributed by atoms with Crippen LogP contribution in [0.25, 0.3) is 0 Å². The Kier molecular flexibility index (Phi) is 8.06. The molecule has 0 spiro atoms. The van der Waals surface area contributed by atoms with Gasteiger partial charge in [0.05, 0.1) is 12.7 Å². The van der Waals surface area contributed by atoms with Crippen molar-refractivity contribution in [1.82, 2.24) is 0 Å². The second kappa shape index (κ2) is 9.00. The second-order valence-electron chi connectivity index (χ2n) is 4.45. The molecule has 5 unspecified atom stereocenters. The zero-order chi connectivity index (χ0) is 14.3. The van der Waals surface area contributed by atoms with Crippen molar-refractivity contribution >= 4 is 16.1 Å². The molecule has 1 aliphatic heterocycles. The van der Waals surface area contributed by atoms with Gasteiger partial charge in [-0.05, 0) is 6.42 Å². The number of rotatable bonds is 8. The average molecular weight is 291 g/mol. The highest BCUT2D eigenvalue weighted by atomic mass is 31.1. The monoisotopic (exact) mass is 291 g/mol. The molecule has 19 heavy (non-hydrogen) atoms. The van der Waals surface area contributed by atoms with E-state index < -0.39 is 32.6 Å². The van der Waals surface area contributed by atoms with Crippen molar-refractivity contribution in [3.05, 3.63) is 0 Å². The maximum absolute atomic E-state index is 11.6. The Hall–Kier alpha value is -0.0351. The van der Waals surface area contributed by atoms with Gasteiger partial charge < -0.3 is 14.6 Å². The molecule has 0 amide bonds. The number of aliphatic hydroxyl groups excluding tert-OH is 1. The van der Waals surface area contributed by atoms with E-state index in [4.69, 9.17) is 26.4 Å². The molecule has 1 aliphatic rings. The summed E-state index contributed by atoms with van der Waals surface area (Å²) >= 11 is 0. The Morgan fingerprint density at radius 1 is 1.53 bits per heavy atom. The van der Waals surface area contributed by atoms with E-state index in [-0.39, 0.29) is 13.0 Å². The van der Waals surface area contributed by atoms with E-state index in [0.29, 0.717) is 6.61 Å². The van der Waals surface area contributed by atoms with Crippen LogP contribution in [0.1, 0.15) is 26.2 Å². The highest BCUT2D eigenvalue weighted by Crippen LogP contribution is 2.32. The number of hydrogen-bond donors (Lipinski definition) is 1. The maximum atomic E-state index is 11.6. The lowest BCUT2D eigenvalue weighted by molar-refractivity contribution is -0.149. The van der Waals surface area contributed by atoms with Crippen LogP contribution in [0.3, 0.4) is 0 Å². The van der Waals surface area contributed by atoms with Crippen LogP contribution in [-0.4, -0.2) is 57.6 Å². The quantitative estimate of drug-likeness (QED) is 0.410. The second-order valence-corrected chi connectivity index (χ2v) is 5.37. The number of unbranched alkanes of at least 4 members (excludes halogenated alkanes) is 1. The SMILES string of the molecule is [B]C1OC(COC)C(O[P+](=O)OCCCC)CC1O. The number of hydrogen-bond acceptors (Lipinski definition) is 6. The molecule has 1 heterocycles. The highest BCUT2D eigenvalue weighted by molar-refractivity contribution is 7.33. The fourth-order valence-corrected chi connectivity index (χ4v) is 2.53. The molecule has 0 aromatic carbocycles. The van der Waals surface area contributed by atoms with Crippen LogP contribution in [-0.2, 0) is 23.1 Å². The van der Waals surface area contributed by atoms with Gasteiger partial charge in [0.25, 0.3) is 0 Å². The number of methoxy groups -OCH3 is 1. The molecule has 1 N–H and O–H groups in total. The van der Waals surface area contributed by atoms with E-state index in [9.17, 15) is 9.67 Å². The van der Waals surface area contributed by atoms with Gasteiger partial charge in [0.2, 0.25) is 0 Å². The van der Waals surface area contributed by atoms with Crippen molar-refractivity contribution in [2.45, 2.75) is 50.5 Å². The minimum absolute atomic E-state index is 0.243. The molecule has 5 atom stereocenters. The van der Waals surface area contributed by atoms with Gasteiger partial charge in [0.15, 0.2) is 0 Å². The third-order valence-corrected chi connectivity index (χ3v) is 3.68. The summed E-state index contributed by atoms with van der Waals surface area (Å²) in [7, 11) is 4.90. The van der Waals surface area contributed by atoms with Gasteiger partial charge >= 0.3 is 8.25 Å². The first kappa shape index (κ1) is 17.0. The maximum Gasteiger partial charge on any atom is 0.697 e. The lowest BCUT2D eigenvalue weighted by Gasteiger charge is -2.35. The lowest BCUT2D eigenvalue weighted by atomic mass is 9.87. The first-order valence-electron chi connectivity index (χ1n) is 6.43. The molecule has 2 radical (unpaired) electrons. The van der Waals surface area contributed by atoms with Gasteiger partial charge in [0.1, 0.15) is 26.7 Å². The third kappa shape index (κ3) is 5.86. The first-order chi connectivity index (χ1) is 9.08. The summed E-state index contributed by atoms with van der Waals surface area (Å²) in [6.45, 7) is 2.65. The van der Waals surface area contributed by atoms with E-state index in [1.807, 2.05) is 6.92 Å². The van der Waals surface area contributed by atoms with Crippen molar-refractivity contribution < 1.29 is 28.2 Å². The summed E-state index contributed by atoms with van der Waals surface area (Å²) in [4.78, 5) is 0. The van der Waals surface area contributed by atoms with Crippen molar-refractivity contribution in [3.63, 3.8) is 0 Å². The fraction of sp³-hybridized carbons (Fsp3) is 1.00. The van der Waals surface area contributed by atoms with Crippen LogP contribution in [0, 0.1) is 0 Å². The summed E-state index contributed by atoms with van der Waals surface area (Å²) in [5.41, 5.74) is 0. The van der Waals surface area contributed by atoms with Crippen molar-refractivity contribution in [2.75, 3.05) is 20.3 Å². The summed E-state index contributed by atoms with van der Waals surface area (Å²) in [5.74, 6) is 0. The molecular weight excluding hydrogens is 270 g/mol. The number of ether oxygens (including phenoxy) is 2. The van der Waals surface area contributed by atoms with Crippen LogP contribution < -0.4 is 0 Å². The minimum Gasteiger partial charge on any atom is -0.391 e. The van der Waals surface area contributed by atoms with Gasteiger partial charge in [0, 0.05) is 24.1 Å². The fourth-order valence-electron chi connectivity index (χ4n) is 1.75. The molecule has 6 nitrogen and oxygen atoms in total. The molecule has 8 heteroatoms. The molecule has 1 rings (SSSR count). The molecule has 0 aromatic rings. The van der Waals surface area contributed by atoms with Gasteiger partial charge in [-0.25, -0.2) is 0 Å². The van der Waals surface area contributed by atoms with Crippen molar-refractivity contribution in [2.24, 2.45) is 0 Å². The van der Waals surface area contributed by atoms with Crippen molar-refractivity contribution in [1.29, 1.82) is 0 Å². The van der Waals surface area contributed by atoms with Crippen LogP contribution >= 0.6 is 8.25 Å². The zero-order valence-corrected chi connectivity index (χ0v) is 12.3. The Morgan fingerprint density at radius 2 is 2.26 bits per heavy atom. The Labute approximate surface area is 116 Å². The lowest BCUT2D eigenvalue weighted by Crippen LogP contribution is -2.49. The minimum atomic E-state index is -2.22. The average Bonchev–Trinajstić information content (AvgIpc) is 2.36. The highest BCUT2D eigenvalue weighted by Gasteiger charge is 2.41. The van der Waals surface area contributed by atoms with E-state index in [1.165, 1.54) is 7.11 Å². The van der Waals surface area contributed by atoms with Gasteiger partial charge in [-0.15, -0.1) is 9.05 Å². The zero-order valence-electron chi connectivity index (χ0n) is 11.4. The van der Waals surface area contributed by atoms with E-state index >= 15 is 0 Å². The molecule has 1 saturated heterocycles. The standard InChI is InChI=1S/C11H21BO6P/c1-3-4-5-16-19(14)18-9-6-8(13)11(12)17-10(9)7-15-2/h8-11,13H,3-7H2,1-2H3/q+1.